The molecule has 1 aliphatic heterocycles. The molecule has 144 valence electrons. The van der Waals surface area contributed by atoms with E-state index in [9.17, 15) is 4.79 Å². The van der Waals surface area contributed by atoms with E-state index in [1.165, 1.54) is 0 Å². The van der Waals surface area contributed by atoms with Crippen molar-refractivity contribution in [1.29, 1.82) is 0 Å². The molecular formula is C19H21N7OS. The summed E-state index contributed by atoms with van der Waals surface area (Å²) < 4.78 is 1.74. The topological polar surface area (TPSA) is 88.8 Å². The Morgan fingerprint density at radius 3 is 3.07 bits per heavy atom. The predicted octanol–water partition coefficient (Wildman–Crippen LogP) is 2.83. The van der Waals surface area contributed by atoms with Crippen molar-refractivity contribution in [2.75, 3.05) is 18.4 Å². The number of anilines is 2. The van der Waals surface area contributed by atoms with Gasteiger partial charge in [0.1, 0.15) is 0 Å². The zero-order chi connectivity index (χ0) is 19.3. The smallest absolute Gasteiger partial charge is 0.246 e. The van der Waals surface area contributed by atoms with Gasteiger partial charge in [0.2, 0.25) is 5.91 Å². The average Bonchev–Trinajstić information content (AvgIpc) is 3.36. The number of thiazole rings is 1. The second kappa shape index (κ2) is 8.30. The van der Waals surface area contributed by atoms with Gasteiger partial charge < -0.3 is 10.2 Å². The number of hydrogen-bond acceptors (Lipinski definition) is 7. The number of likely N-dealkylation sites (tertiary alicyclic amines) is 1. The van der Waals surface area contributed by atoms with Gasteiger partial charge in [-0.2, -0.15) is 5.10 Å². The van der Waals surface area contributed by atoms with E-state index >= 15 is 0 Å². The van der Waals surface area contributed by atoms with Gasteiger partial charge in [-0.1, -0.05) is 0 Å². The highest BCUT2D eigenvalue weighted by Gasteiger charge is 2.25. The van der Waals surface area contributed by atoms with E-state index in [1.54, 1.807) is 46.9 Å². The molecule has 1 aliphatic rings. The van der Waals surface area contributed by atoms with Crippen LogP contribution in [0.3, 0.4) is 0 Å². The number of piperidine rings is 1. The van der Waals surface area contributed by atoms with Crippen LogP contribution in [0.5, 0.6) is 0 Å². The third-order valence-corrected chi connectivity index (χ3v) is 5.50. The Labute approximate surface area is 167 Å². The molecule has 0 saturated carbocycles. The van der Waals surface area contributed by atoms with Crippen LogP contribution in [0.25, 0.3) is 6.08 Å². The quantitative estimate of drug-likeness (QED) is 0.668. The van der Waals surface area contributed by atoms with Crippen molar-refractivity contribution in [1.82, 2.24) is 29.6 Å². The number of aromatic nitrogens is 5. The third-order valence-electron chi connectivity index (χ3n) is 4.73. The lowest BCUT2D eigenvalue weighted by Gasteiger charge is -2.31. The highest BCUT2D eigenvalue weighted by Crippen LogP contribution is 2.30. The molecular weight excluding hydrogens is 374 g/mol. The van der Waals surface area contributed by atoms with Gasteiger partial charge in [-0.05, 0) is 25.0 Å². The molecule has 1 saturated heterocycles. The first-order valence-electron chi connectivity index (χ1n) is 9.12. The molecule has 1 N–H and O–H groups in total. The largest absolute Gasteiger partial charge is 0.338 e. The van der Waals surface area contributed by atoms with Crippen LogP contribution in [0.2, 0.25) is 0 Å². The number of aryl methyl sites for hydroxylation is 1. The minimum absolute atomic E-state index is 0.0269. The number of carbonyl (C=O) groups excluding carboxylic acids is 1. The van der Waals surface area contributed by atoms with Crippen LogP contribution in [0.15, 0.2) is 42.3 Å². The Kier molecular flexibility index (Phi) is 5.43. The van der Waals surface area contributed by atoms with Crippen LogP contribution in [0, 0.1) is 0 Å². The Hall–Kier alpha value is -3.07. The van der Waals surface area contributed by atoms with E-state index in [1.807, 2.05) is 24.1 Å². The number of amides is 1. The zero-order valence-corrected chi connectivity index (χ0v) is 16.3. The maximum absolute atomic E-state index is 12.6. The molecule has 0 aromatic carbocycles. The summed E-state index contributed by atoms with van der Waals surface area (Å²) in [6.07, 6.45) is 12.1. The summed E-state index contributed by atoms with van der Waals surface area (Å²) in [6, 6.07) is 1.88. The third kappa shape index (κ3) is 4.25. The highest BCUT2D eigenvalue weighted by molar-refractivity contribution is 7.13. The minimum Gasteiger partial charge on any atom is -0.338 e. The van der Waals surface area contributed by atoms with E-state index in [0.717, 1.165) is 35.9 Å². The number of nitrogens with zero attached hydrogens (tertiary/aromatic N) is 6. The van der Waals surface area contributed by atoms with Crippen LogP contribution < -0.4 is 5.32 Å². The molecule has 0 aliphatic carbocycles. The van der Waals surface area contributed by atoms with E-state index in [-0.39, 0.29) is 11.8 Å². The second-order valence-corrected chi connectivity index (χ2v) is 7.49. The highest BCUT2D eigenvalue weighted by atomic mass is 32.1. The van der Waals surface area contributed by atoms with Crippen molar-refractivity contribution >= 4 is 34.3 Å². The molecule has 1 fully saturated rings. The number of nitrogens with one attached hydrogen (secondary N) is 1. The molecule has 1 amide bonds. The maximum atomic E-state index is 12.6. The molecule has 4 rings (SSSR count). The van der Waals surface area contributed by atoms with E-state index < -0.39 is 0 Å². The molecule has 8 nitrogen and oxygen atoms in total. The molecule has 0 bridgehead atoms. The fourth-order valence-corrected chi connectivity index (χ4v) is 4.03. The van der Waals surface area contributed by atoms with Gasteiger partial charge in [0.25, 0.3) is 0 Å². The Bertz CT molecular complexity index is 966. The van der Waals surface area contributed by atoms with Gasteiger partial charge >= 0.3 is 0 Å². The molecule has 1 atom stereocenters. The lowest BCUT2D eigenvalue weighted by atomic mass is 9.95. The summed E-state index contributed by atoms with van der Waals surface area (Å²) in [5.41, 5.74) is 1.92. The van der Waals surface area contributed by atoms with Gasteiger partial charge in [0.15, 0.2) is 10.9 Å². The summed E-state index contributed by atoms with van der Waals surface area (Å²) in [4.78, 5) is 27.4. The van der Waals surface area contributed by atoms with Crippen LogP contribution in [-0.2, 0) is 11.8 Å². The molecule has 0 radical (unpaired) electrons. The fourth-order valence-electron chi connectivity index (χ4n) is 3.23. The molecule has 0 spiro atoms. The molecule has 4 heterocycles. The van der Waals surface area contributed by atoms with Crippen molar-refractivity contribution in [2.45, 2.75) is 18.8 Å². The summed E-state index contributed by atoms with van der Waals surface area (Å²) in [5.74, 6) is 0.944. The standard InChI is InChI=1S/C19H21N7OS/c1-25-15(6-7-22-25)4-5-18(27)26-10-2-3-14(12-26)16-13-28-19(23-16)24-17-11-20-8-9-21-17/h4-9,11,13-14H,2-3,10,12H2,1H3,(H,21,23,24)/b5-4+. The monoisotopic (exact) mass is 395 g/mol. The van der Waals surface area contributed by atoms with Gasteiger partial charge in [0.05, 0.1) is 17.6 Å². The summed E-state index contributed by atoms with van der Waals surface area (Å²) in [6.45, 7) is 1.46. The zero-order valence-electron chi connectivity index (χ0n) is 15.5. The molecule has 9 heteroatoms. The minimum atomic E-state index is 0.0269. The maximum Gasteiger partial charge on any atom is 0.246 e. The molecule has 1 unspecified atom stereocenters. The van der Waals surface area contributed by atoms with Crippen LogP contribution >= 0.6 is 11.3 Å². The van der Waals surface area contributed by atoms with Crippen molar-refractivity contribution < 1.29 is 4.79 Å². The summed E-state index contributed by atoms with van der Waals surface area (Å²) in [7, 11) is 1.86. The van der Waals surface area contributed by atoms with Gasteiger partial charge in [0, 0.05) is 56.1 Å². The van der Waals surface area contributed by atoms with Gasteiger partial charge in [-0.15, -0.1) is 11.3 Å². The molecule has 3 aromatic heterocycles. The normalized spacial score (nSPS) is 17.2. The molecule has 28 heavy (non-hydrogen) atoms. The second-order valence-electron chi connectivity index (χ2n) is 6.63. The summed E-state index contributed by atoms with van der Waals surface area (Å²) in [5, 5.41) is 10.1. The SMILES string of the molecule is Cn1nccc1/C=C/C(=O)N1CCCC(c2csc(Nc3cnccn3)n2)C1. The summed E-state index contributed by atoms with van der Waals surface area (Å²) >= 11 is 1.54. The van der Waals surface area contributed by atoms with E-state index in [0.29, 0.717) is 12.4 Å². The average molecular weight is 395 g/mol. The fraction of sp³-hybridized carbons (Fsp3) is 0.316. The Balaban J connectivity index is 1.39. The van der Waals surface area contributed by atoms with Crippen molar-refractivity contribution in [2.24, 2.45) is 7.05 Å². The first kappa shape index (κ1) is 18.3. The lowest BCUT2D eigenvalue weighted by molar-refractivity contribution is -0.127. The van der Waals surface area contributed by atoms with Crippen molar-refractivity contribution in [3.63, 3.8) is 0 Å². The lowest BCUT2D eigenvalue weighted by Crippen LogP contribution is -2.38. The van der Waals surface area contributed by atoms with Crippen molar-refractivity contribution in [3.05, 3.63) is 53.7 Å². The first-order chi connectivity index (χ1) is 13.7. The van der Waals surface area contributed by atoms with Crippen LogP contribution in [0.4, 0.5) is 10.9 Å². The van der Waals surface area contributed by atoms with Crippen LogP contribution in [-0.4, -0.2) is 48.6 Å². The Morgan fingerprint density at radius 2 is 2.29 bits per heavy atom. The number of carbonyl (C=O) groups is 1. The number of rotatable bonds is 5. The van der Waals surface area contributed by atoms with E-state index in [4.69, 9.17) is 4.98 Å². The van der Waals surface area contributed by atoms with Crippen LogP contribution in [0.1, 0.15) is 30.1 Å². The molecule has 3 aromatic rings. The van der Waals surface area contributed by atoms with Gasteiger partial charge in [-0.3, -0.25) is 14.5 Å². The van der Waals surface area contributed by atoms with E-state index in [2.05, 4.69) is 25.8 Å². The van der Waals surface area contributed by atoms with Gasteiger partial charge in [-0.25, -0.2) is 9.97 Å². The van der Waals surface area contributed by atoms with Crippen molar-refractivity contribution in [3.8, 4) is 0 Å². The number of hydrogen-bond donors (Lipinski definition) is 1. The first-order valence-corrected chi connectivity index (χ1v) is 10.0. The predicted molar refractivity (Wildman–Crippen MR) is 108 cm³/mol. The Morgan fingerprint density at radius 1 is 1.36 bits per heavy atom.